The minimum Gasteiger partial charge on any atom is -0.457 e. The van der Waals surface area contributed by atoms with E-state index in [0.717, 1.165) is 60.0 Å². The van der Waals surface area contributed by atoms with Crippen molar-refractivity contribution in [2.24, 2.45) is 0 Å². The lowest BCUT2D eigenvalue weighted by molar-refractivity contribution is 0.0877. The predicted molar refractivity (Wildman–Crippen MR) is 290 cm³/mol. The fraction of sp³-hybridized carbons (Fsp3) is 0.188. The van der Waals surface area contributed by atoms with Gasteiger partial charge in [0.1, 0.15) is 23.0 Å². The van der Waals surface area contributed by atoms with Crippen LogP contribution in [0.1, 0.15) is 143 Å². The van der Waals surface area contributed by atoms with Gasteiger partial charge in [-0.25, -0.2) is 9.80 Å². The summed E-state index contributed by atoms with van der Waals surface area (Å²) in [6.45, 7) is 16.7. The van der Waals surface area contributed by atoms with Crippen LogP contribution in [0.3, 0.4) is 0 Å². The zero-order valence-corrected chi connectivity index (χ0v) is 41.5. The fourth-order valence-corrected chi connectivity index (χ4v) is 11.5. The van der Waals surface area contributed by atoms with Crippen LogP contribution in [0.5, 0.6) is 23.0 Å². The fourth-order valence-electron chi connectivity index (χ4n) is 11.5. The van der Waals surface area contributed by atoms with Crippen molar-refractivity contribution < 1.29 is 28.7 Å². The monoisotopic (exact) mass is 944 g/mol. The number of anilines is 2. The average molecular weight is 945 g/mol. The smallest absolute Gasteiger partial charge is 0.266 e. The van der Waals surface area contributed by atoms with Crippen LogP contribution in [0.2, 0.25) is 0 Å². The number of nitrogens with zero attached hydrogens (tertiary/aromatic N) is 2. The third kappa shape index (κ3) is 6.58. The molecule has 0 unspecified atom stereocenters. The standard InChI is InChI=1S/C64H52N2O6/c1-33(2)39-13-9-14-40(34(3)4)59(39)65-61(67)49-20-12-19-48-54(32-30-50(56(48)49)62(65)68)72-38-23-21-37(22-24-38)71-53-31-29-44-46-26-28-52-58-51(27-25-45(57(46)58)43-17-11-18-47(53)55(43)44)63(69)66(64(52)70)60-41(35(5)6)15-10-16-42(60)36(7)8/h9-36H,1-8H3. The van der Waals surface area contributed by atoms with E-state index in [2.05, 4.69) is 73.6 Å². The molecule has 2 aliphatic heterocycles. The van der Waals surface area contributed by atoms with Crippen molar-refractivity contribution in [1.82, 2.24) is 0 Å². The van der Waals surface area contributed by atoms with Gasteiger partial charge in [-0.2, -0.15) is 0 Å². The molecule has 0 atom stereocenters. The van der Waals surface area contributed by atoms with E-state index in [-0.39, 0.29) is 47.3 Å². The number of carbonyl (C=O) groups excluding carboxylic acids is 4. The van der Waals surface area contributed by atoms with Gasteiger partial charge in [0.05, 0.1) is 11.4 Å². The molecular weight excluding hydrogens is 893 g/mol. The normalized spacial score (nSPS) is 13.8. The van der Waals surface area contributed by atoms with Crippen LogP contribution in [0.25, 0.3) is 53.9 Å². The van der Waals surface area contributed by atoms with Gasteiger partial charge in [0.2, 0.25) is 0 Å². The molecule has 0 aromatic heterocycles. The van der Waals surface area contributed by atoms with Crippen molar-refractivity contribution in [3.63, 3.8) is 0 Å². The second-order valence-electron chi connectivity index (χ2n) is 20.5. The number of imide groups is 2. The second-order valence-corrected chi connectivity index (χ2v) is 20.5. The van der Waals surface area contributed by atoms with Crippen molar-refractivity contribution in [1.29, 1.82) is 0 Å². The maximum Gasteiger partial charge on any atom is 0.266 e. The molecule has 0 N–H and O–H groups in total. The average Bonchev–Trinajstić information content (AvgIpc) is 3.37. The molecule has 0 fully saturated rings. The van der Waals surface area contributed by atoms with Crippen LogP contribution >= 0.6 is 0 Å². The number of hydrogen-bond donors (Lipinski definition) is 0. The van der Waals surface area contributed by atoms with Gasteiger partial charge in [0, 0.05) is 49.2 Å². The first kappa shape index (κ1) is 44.8. The summed E-state index contributed by atoms with van der Waals surface area (Å²) in [4.78, 5) is 61.1. The predicted octanol–water partition coefficient (Wildman–Crippen LogP) is 16.6. The first-order chi connectivity index (χ1) is 34.7. The molecule has 2 heterocycles. The van der Waals surface area contributed by atoms with E-state index >= 15 is 0 Å². The maximum atomic E-state index is 14.7. The minimum absolute atomic E-state index is 0.0995. The first-order valence-corrected chi connectivity index (χ1v) is 24.9. The van der Waals surface area contributed by atoms with Gasteiger partial charge < -0.3 is 9.47 Å². The third-order valence-electron chi connectivity index (χ3n) is 14.9. The molecule has 10 aromatic carbocycles. The molecule has 0 bridgehead atoms. The summed E-state index contributed by atoms with van der Waals surface area (Å²) in [5.41, 5.74) is 7.18. The van der Waals surface area contributed by atoms with E-state index in [9.17, 15) is 19.2 Å². The van der Waals surface area contributed by atoms with E-state index in [1.165, 1.54) is 9.80 Å². The van der Waals surface area contributed by atoms with Crippen LogP contribution in [-0.2, 0) is 0 Å². The summed E-state index contributed by atoms with van der Waals surface area (Å²) in [6.07, 6.45) is 0. The summed E-state index contributed by atoms with van der Waals surface area (Å²) >= 11 is 0. The summed E-state index contributed by atoms with van der Waals surface area (Å²) in [7, 11) is 0. The second kappa shape index (κ2) is 16.6. The molecule has 2 aliphatic rings. The van der Waals surface area contributed by atoms with Crippen molar-refractivity contribution in [3.8, 4) is 23.0 Å². The summed E-state index contributed by atoms with van der Waals surface area (Å²) < 4.78 is 13.2. The Hall–Kier alpha value is -8.36. The molecule has 8 heteroatoms. The molecule has 12 rings (SSSR count). The number of rotatable bonds is 10. The molecule has 72 heavy (non-hydrogen) atoms. The lowest BCUT2D eigenvalue weighted by atomic mass is 9.84. The molecule has 354 valence electrons. The van der Waals surface area contributed by atoms with Gasteiger partial charge in [-0.05, 0) is 140 Å². The Bertz CT molecular complexity index is 3830. The van der Waals surface area contributed by atoms with Gasteiger partial charge in [-0.1, -0.05) is 134 Å². The van der Waals surface area contributed by atoms with Gasteiger partial charge in [0.25, 0.3) is 23.6 Å². The van der Waals surface area contributed by atoms with E-state index in [4.69, 9.17) is 9.47 Å². The molecule has 4 amide bonds. The Labute approximate surface area is 417 Å². The van der Waals surface area contributed by atoms with Crippen molar-refractivity contribution in [2.75, 3.05) is 9.80 Å². The third-order valence-corrected chi connectivity index (χ3v) is 14.9. The van der Waals surface area contributed by atoms with Crippen LogP contribution in [-0.4, -0.2) is 23.6 Å². The Balaban J connectivity index is 0.863. The van der Waals surface area contributed by atoms with E-state index < -0.39 is 0 Å². The topological polar surface area (TPSA) is 93.2 Å². The van der Waals surface area contributed by atoms with Crippen LogP contribution in [0, 0.1) is 0 Å². The van der Waals surface area contributed by atoms with Gasteiger partial charge >= 0.3 is 0 Å². The molecule has 10 aromatic rings. The highest BCUT2D eigenvalue weighted by atomic mass is 16.5. The summed E-state index contributed by atoms with van der Waals surface area (Å²) in [5, 5.41) is 8.73. The Kier molecular flexibility index (Phi) is 10.4. The SMILES string of the molecule is CC(C)c1cccc(C(C)C)c1N1C(=O)c2cccc3c(Oc4ccc(Oc5ccc6c7ccc8c9c(ccc(c%10cccc5c%106)c97)C(=O)N(c5c(C(C)C)cccc5C(C)C)C8=O)cc4)ccc(c23)C1=O. The molecule has 0 spiro atoms. The minimum atomic E-state index is -0.348. The number of ether oxygens (including phenoxy) is 2. The largest absolute Gasteiger partial charge is 0.457 e. The van der Waals surface area contributed by atoms with E-state index in [1.54, 1.807) is 18.2 Å². The summed E-state index contributed by atoms with van der Waals surface area (Å²) in [5.74, 6) is 1.46. The highest BCUT2D eigenvalue weighted by molar-refractivity contribution is 6.43. The Morgan fingerprint density at radius 2 is 0.625 bits per heavy atom. The molecule has 0 aliphatic carbocycles. The van der Waals surface area contributed by atoms with Crippen LogP contribution in [0.15, 0.2) is 146 Å². The first-order valence-electron chi connectivity index (χ1n) is 24.9. The van der Waals surface area contributed by atoms with Gasteiger partial charge in [0.15, 0.2) is 0 Å². The number of benzene rings is 10. The Morgan fingerprint density at radius 3 is 1.08 bits per heavy atom. The van der Waals surface area contributed by atoms with Crippen molar-refractivity contribution in [2.45, 2.75) is 79.1 Å². The molecular formula is C64H52N2O6. The van der Waals surface area contributed by atoms with Crippen molar-refractivity contribution >= 4 is 88.9 Å². The van der Waals surface area contributed by atoms with E-state index in [1.807, 2.05) is 109 Å². The zero-order chi connectivity index (χ0) is 50.0. The quantitative estimate of drug-likeness (QED) is 0.0770. The lowest BCUT2D eigenvalue weighted by Gasteiger charge is -2.32. The summed E-state index contributed by atoms with van der Waals surface area (Å²) in [6, 6.07) is 46.6. The van der Waals surface area contributed by atoms with Crippen molar-refractivity contribution in [3.05, 3.63) is 190 Å². The lowest BCUT2D eigenvalue weighted by Crippen LogP contribution is -2.41. The number of hydrogen-bond acceptors (Lipinski definition) is 6. The molecule has 0 saturated heterocycles. The van der Waals surface area contributed by atoms with Crippen LogP contribution in [0.4, 0.5) is 11.4 Å². The molecule has 0 saturated carbocycles. The number of para-hydroxylation sites is 2. The highest BCUT2D eigenvalue weighted by Gasteiger charge is 2.40. The van der Waals surface area contributed by atoms with E-state index in [0.29, 0.717) is 72.8 Å². The van der Waals surface area contributed by atoms with Gasteiger partial charge in [-0.3, -0.25) is 19.2 Å². The number of amides is 4. The number of fused-ring (bicyclic) bond motifs is 2. The zero-order valence-electron chi connectivity index (χ0n) is 41.5. The Morgan fingerprint density at radius 1 is 0.306 bits per heavy atom. The van der Waals surface area contributed by atoms with Gasteiger partial charge in [-0.15, -0.1) is 0 Å². The highest BCUT2D eigenvalue weighted by Crippen LogP contribution is 2.49. The maximum absolute atomic E-state index is 14.7. The molecule has 0 radical (unpaired) electrons. The number of carbonyl (C=O) groups is 4. The molecule has 8 nitrogen and oxygen atoms in total. The van der Waals surface area contributed by atoms with Crippen LogP contribution < -0.4 is 19.3 Å².